The average molecular weight is 656 g/mol. The molecule has 2 atom stereocenters. The molecule has 2 unspecified atom stereocenters. The van der Waals surface area contributed by atoms with E-state index in [1.807, 2.05) is 36.4 Å². The van der Waals surface area contributed by atoms with Crippen LogP contribution >= 0.6 is 0 Å². The third-order valence-corrected chi connectivity index (χ3v) is 9.77. The van der Waals surface area contributed by atoms with Crippen molar-refractivity contribution in [1.82, 2.24) is 14.8 Å². The van der Waals surface area contributed by atoms with Gasteiger partial charge in [-0.15, -0.1) is 0 Å². The van der Waals surface area contributed by atoms with E-state index in [-0.39, 0.29) is 34.3 Å². The number of anilines is 1. The number of guanidine groups is 1. The van der Waals surface area contributed by atoms with Crippen LogP contribution in [0, 0.1) is 17.7 Å². The van der Waals surface area contributed by atoms with E-state index in [0.717, 1.165) is 75.7 Å². The third kappa shape index (κ3) is 6.54. The predicted molar refractivity (Wildman–Crippen MR) is 186 cm³/mol. The molecule has 252 valence electrons. The number of rotatable bonds is 10. The number of carbonyl (C=O) groups excluding carboxylic acids is 1. The van der Waals surface area contributed by atoms with Crippen molar-refractivity contribution in [1.29, 1.82) is 0 Å². The minimum absolute atomic E-state index is 0.0482. The summed E-state index contributed by atoms with van der Waals surface area (Å²) in [6, 6.07) is 13.0. The number of hydrogen-bond acceptors (Lipinski definition) is 7. The van der Waals surface area contributed by atoms with Crippen LogP contribution in [-0.2, 0) is 4.74 Å². The largest absolute Gasteiger partial charge is 0.451 e. The lowest BCUT2D eigenvalue weighted by atomic mass is 9.81. The number of fused-ring (bicyclic) bond motifs is 3. The van der Waals surface area contributed by atoms with Crippen LogP contribution in [-0.4, -0.2) is 73.8 Å². The van der Waals surface area contributed by atoms with E-state index >= 15 is 4.39 Å². The number of hydrogen-bond donors (Lipinski definition) is 4. The summed E-state index contributed by atoms with van der Waals surface area (Å²) in [4.78, 5) is 34.1. The number of benzene rings is 3. The number of halogens is 1. The lowest BCUT2D eigenvalue weighted by Crippen LogP contribution is -2.37. The molecular weight excluding hydrogens is 613 g/mol. The molecule has 1 saturated carbocycles. The lowest BCUT2D eigenvalue weighted by Gasteiger charge is -2.29. The topological polar surface area (TPSA) is 149 Å². The molecule has 0 radical (unpaired) electrons. The van der Waals surface area contributed by atoms with Crippen molar-refractivity contribution < 1.29 is 18.7 Å². The first-order valence-corrected chi connectivity index (χ1v) is 16.9. The summed E-state index contributed by atoms with van der Waals surface area (Å²) in [6.45, 7) is 5.56. The molecule has 2 fully saturated rings. The summed E-state index contributed by atoms with van der Waals surface area (Å²) >= 11 is 0. The van der Waals surface area contributed by atoms with Gasteiger partial charge in [-0.05, 0) is 73.0 Å². The Morgan fingerprint density at radius 2 is 1.83 bits per heavy atom. The zero-order chi connectivity index (χ0) is 33.2. The molecule has 2 aliphatic heterocycles. The quantitative estimate of drug-likeness (QED) is 0.0987. The van der Waals surface area contributed by atoms with Gasteiger partial charge in [0.15, 0.2) is 23.3 Å². The highest BCUT2D eigenvalue weighted by Gasteiger charge is 2.29. The number of nitrogens with two attached hydrogens (primary N) is 2. The summed E-state index contributed by atoms with van der Waals surface area (Å²) in [5.41, 5.74) is 11.7. The van der Waals surface area contributed by atoms with E-state index < -0.39 is 17.2 Å². The molecule has 1 aliphatic carbocycles. The Kier molecular flexibility index (Phi) is 9.18. The number of aliphatic imine (C=N–C) groups is 1. The first kappa shape index (κ1) is 31.9. The Labute approximate surface area is 278 Å². The third-order valence-electron chi connectivity index (χ3n) is 9.77. The Bertz CT molecular complexity index is 1930. The van der Waals surface area contributed by atoms with Crippen LogP contribution in [0.3, 0.4) is 0 Å². The second-order valence-electron chi connectivity index (χ2n) is 13.1. The van der Waals surface area contributed by atoms with Crippen molar-refractivity contribution in [3.8, 4) is 17.2 Å². The summed E-state index contributed by atoms with van der Waals surface area (Å²) in [7, 11) is 0. The Morgan fingerprint density at radius 1 is 1.06 bits per heavy atom. The standard InChI is InChI=1S/C36H42FN7O4/c37-28-18-26-32-34(31(28)40-9-4-10-43-11-13-47-14-12-43)48-30-17-25-8-2-1-7-24(25)16-29(30)44(32)21-27(33(26)45)35(46)41-19-22-5-3-6-23(15-22)20-42-36(38)39/h1-2,7-8,16-18,21-23,40H,3-6,9-15,19-20H2,(H,41,46)(H4,38,39,42). The van der Waals surface area contributed by atoms with E-state index in [2.05, 4.69) is 20.5 Å². The van der Waals surface area contributed by atoms with Crippen LogP contribution < -0.4 is 32.3 Å². The zero-order valence-electron chi connectivity index (χ0n) is 27.0. The Hall–Kier alpha value is -4.68. The van der Waals surface area contributed by atoms with Gasteiger partial charge in [0.1, 0.15) is 16.8 Å². The van der Waals surface area contributed by atoms with Gasteiger partial charge in [-0.2, -0.15) is 0 Å². The summed E-state index contributed by atoms with van der Waals surface area (Å²) in [6.07, 6.45) is 6.26. The fourth-order valence-corrected chi connectivity index (χ4v) is 7.29. The zero-order valence-corrected chi connectivity index (χ0v) is 27.0. The molecule has 0 bridgehead atoms. The minimum Gasteiger partial charge on any atom is -0.451 e. The van der Waals surface area contributed by atoms with E-state index in [0.29, 0.717) is 42.5 Å². The second kappa shape index (κ2) is 13.8. The maximum Gasteiger partial charge on any atom is 0.256 e. The first-order chi connectivity index (χ1) is 23.4. The molecular formula is C36H42FN7O4. The van der Waals surface area contributed by atoms with E-state index in [4.69, 9.17) is 20.9 Å². The highest BCUT2D eigenvalue weighted by Crippen LogP contribution is 2.46. The molecule has 3 aliphatic rings. The van der Waals surface area contributed by atoms with Crippen LogP contribution in [0.4, 0.5) is 10.1 Å². The molecule has 11 nitrogen and oxygen atoms in total. The van der Waals surface area contributed by atoms with Crippen molar-refractivity contribution in [2.24, 2.45) is 28.3 Å². The Balaban J connectivity index is 1.20. The van der Waals surface area contributed by atoms with Gasteiger partial charge in [-0.3, -0.25) is 19.5 Å². The number of aromatic nitrogens is 1. The molecule has 3 heterocycles. The fraction of sp³-hybridized carbons (Fsp3) is 0.417. The fourth-order valence-electron chi connectivity index (χ4n) is 7.29. The molecule has 1 aromatic heterocycles. The van der Waals surface area contributed by atoms with Crippen molar-refractivity contribution in [2.75, 3.05) is 57.8 Å². The van der Waals surface area contributed by atoms with Crippen LogP contribution in [0.2, 0.25) is 0 Å². The number of nitrogens with zero attached hydrogens (tertiary/aromatic N) is 3. The molecule has 3 aromatic carbocycles. The average Bonchev–Trinajstić information content (AvgIpc) is 3.10. The first-order valence-electron chi connectivity index (χ1n) is 16.9. The van der Waals surface area contributed by atoms with Crippen molar-refractivity contribution in [2.45, 2.75) is 32.1 Å². The van der Waals surface area contributed by atoms with Crippen LogP contribution in [0.25, 0.3) is 27.4 Å². The van der Waals surface area contributed by atoms with E-state index in [1.165, 1.54) is 6.07 Å². The number of pyridine rings is 1. The second-order valence-corrected chi connectivity index (χ2v) is 13.1. The van der Waals surface area contributed by atoms with Crippen molar-refractivity contribution >= 4 is 39.2 Å². The monoisotopic (exact) mass is 655 g/mol. The summed E-state index contributed by atoms with van der Waals surface area (Å²) < 4.78 is 29.6. The number of amides is 1. The molecule has 1 amide bonds. The maximum atomic E-state index is 15.9. The number of nitrogens with one attached hydrogen (secondary N) is 2. The molecule has 12 heteroatoms. The van der Waals surface area contributed by atoms with Gasteiger partial charge in [0.2, 0.25) is 5.43 Å². The van der Waals surface area contributed by atoms with Gasteiger partial charge in [-0.1, -0.05) is 30.7 Å². The molecule has 48 heavy (non-hydrogen) atoms. The van der Waals surface area contributed by atoms with Crippen LogP contribution in [0.15, 0.2) is 58.4 Å². The van der Waals surface area contributed by atoms with Crippen molar-refractivity contribution in [3.63, 3.8) is 0 Å². The number of carbonyl (C=O) groups is 1. The summed E-state index contributed by atoms with van der Waals surface area (Å²) in [5.74, 6) is 0.308. The van der Waals surface area contributed by atoms with Crippen LogP contribution in [0.1, 0.15) is 42.5 Å². The van der Waals surface area contributed by atoms with Crippen molar-refractivity contribution in [3.05, 3.63) is 70.3 Å². The molecule has 0 spiro atoms. The molecule has 4 aromatic rings. The van der Waals surface area contributed by atoms with Gasteiger partial charge >= 0.3 is 0 Å². The van der Waals surface area contributed by atoms with Gasteiger partial charge in [0.25, 0.3) is 5.91 Å². The lowest BCUT2D eigenvalue weighted by molar-refractivity contribution is 0.0378. The highest BCUT2D eigenvalue weighted by molar-refractivity contribution is 6.02. The predicted octanol–water partition coefficient (Wildman–Crippen LogP) is 4.33. The molecule has 6 N–H and O–H groups in total. The SMILES string of the molecule is NC(N)=NCC1CCCC(CNC(=O)c2cn3c4c(c(NCCCN5CCOCC5)c(F)cc4c2=O)Oc2cc4ccccc4cc2-3)C1. The molecule has 1 saturated heterocycles. The summed E-state index contributed by atoms with van der Waals surface area (Å²) in [5, 5.41) is 8.26. The Morgan fingerprint density at radius 3 is 2.62 bits per heavy atom. The smallest absolute Gasteiger partial charge is 0.256 e. The normalized spacial score (nSPS) is 19.0. The maximum absolute atomic E-state index is 15.9. The van der Waals surface area contributed by atoms with Gasteiger partial charge in [-0.25, -0.2) is 4.39 Å². The van der Waals surface area contributed by atoms with Gasteiger partial charge in [0.05, 0.1) is 24.3 Å². The molecule has 7 rings (SSSR count). The van der Waals surface area contributed by atoms with E-state index in [1.54, 1.807) is 10.8 Å². The number of ether oxygens (including phenoxy) is 2. The van der Waals surface area contributed by atoms with E-state index in [9.17, 15) is 9.59 Å². The van der Waals surface area contributed by atoms with Crippen LogP contribution in [0.5, 0.6) is 11.5 Å². The number of morpholine rings is 1. The highest BCUT2D eigenvalue weighted by atomic mass is 19.1. The van der Waals surface area contributed by atoms with Gasteiger partial charge < -0.3 is 36.1 Å². The van der Waals surface area contributed by atoms with Gasteiger partial charge in [0, 0.05) is 38.9 Å². The minimum atomic E-state index is -0.608.